The van der Waals surface area contributed by atoms with E-state index in [4.69, 9.17) is 21.4 Å². The number of nitrogens with one attached hydrogen (secondary N) is 1. The fourth-order valence-electron chi connectivity index (χ4n) is 1.20. The van der Waals surface area contributed by atoms with Gasteiger partial charge in [0, 0.05) is 0 Å². The van der Waals surface area contributed by atoms with Crippen molar-refractivity contribution < 1.29 is 14.6 Å². The van der Waals surface area contributed by atoms with Crippen LogP contribution in [0.15, 0.2) is 18.2 Å². The number of aliphatic hydroxyl groups is 1. The predicted molar refractivity (Wildman–Crippen MR) is 67.5 cm³/mol. The van der Waals surface area contributed by atoms with Crippen LogP contribution in [0.1, 0.15) is 20.8 Å². The summed E-state index contributed by atoms with van der Waals surface area (Å²) in [6.45, 7) is 5.12. The van der Waals surface area contributed by atoms with E-state index in [-0.39, 0.29) is 6.10 Å². The van der Waals surface area contributed by atoms with Gasteiger partial charge < -0.3 is 15.2 Å². The number of benzene rings is 1. The first kappa shape index (κ1) is 13.8. The van der Waals surface area contributed by atoms with Crippen molar-refractivity contribution >= 4 is 23.2 Å². The van der Waals surface area contributed by atoms with E-state index in [1.165, 1.54) is 6.92 Å². The van der Waals surface area contributed by atoms with Crippen LogP contribution in [0, 0.1) is 0 Å². The van der Waals surface area contributed by atoms with Crippen molar-refractivity contribution in [1.29, 1.82) is 0 Å². The molecule has 0 bridgehead atoms. The molecule has 0 fully saturated rings. The Kier molecular flexibility index (Phi) is 4.78. The molecule has 0 spiro atoms. The van der Waals surface area contributed by atoms with Crippen LogP contribution in [0.25, 0.3) is 0 Å². The fourth-order valence-corrected chi connectivity index (χ4v) is 1.42. The van der Waals surface area contributed by atoms with Gasteiger partial charge in [-0.15, -0.1) is 0 Å². The topological polar surface area (TPSA) is 58.6 Å². The third-order valence-electron chi connectivity index (χ3n) is 1.96. The number of hydrogen-bond donors (Lipinski definition) is 2. The second-order valence-corrected chi connectivity index (χ2v) is 4.36. The summed E-state index contributed by atoms with van der Waals surface area (Å²) in [6.07, 6.45) is -1.14. The van der Waals surface area contributed by atoms with E-state index in [0.717, 1.165) is 0 Å². The summed E-state index contributed by atoms with van der Waals surface area (Å²) in [5.41, 5.74) is 0.456. The molecule has 0 saturated carbocycles. The number of hydrogen-bond acceptors (Lipinski definition) is 3. The molecule has 0 aliphatic heterocycles. The van der Waals surface area contributed by atoms with Crippen LogP contribution in [0.2, 0.25) is 5.02 Å². The lowest BCUT2D eigenvalue weighted by Gasteiger charge is -2.16. The average Bonchev–Trinajstić information content (AvgIpc) is 2.22. The number of halogens is 1. The van der Waals surface area contributed by atoms with E-state index in [1.807, 2.05) is 13.8 Å². The first-order chi connectivity index (χ1) is 7.91. The van der Waals surface area contributed by atoms with Crippen molar-refractivity contribution in [2.75, 3.05) is 5.32 Å². The number of anilines is 1. The molecule has 2 N–H and O–H groups in total. The molecule has 0 aromatic heterocycles. The monoisotopic (exact) mass is 257 g/mol. The molecule has 1 aromatic carbocycles. The van der Waals surface area contributed by atoms with Crippen molar-refractivity contribution in [1.82, 2.24) is 0 Å². The molecule has 17 heavy (non-hydrogen) atoms. The van der Waals surface area contributed by atoms with Gasteiger partial charge >= 0.3 is 0 Å². The normalized spacial score (nSPS) is 12.4. The van der Waals surface area contributed by atoms with Gasteiger partial charge in [0.1, 0.15) is 6.10 Å². The molecule has 1 rings (SSSR count). The number of aliphatic hydroxyl groups excluding tert-OH is 1. The molecular weight excluding hydrogens is 242 g/mol. The van der Waals surface area contributed by atoms with Crippen LogP contribution in [0.5, 0.6) is 5.75 Å². The summed E-state index contributed by atoms with van der Waals surface area (Å²) < 4.78 is 5.53. The summed E-state index contributed by atoms with van der Waals surface area (Å²) in [7, 11) is 0. The van der Waals surface area contributed by atoms with Gasteiger partial charge in [-0.25, -0.2) is 0 Å². The van der Waals surface area contributed by atoms with Crippen LogP contribution in [0.3, 0.4) is 0 Å². The predicted octanol–water partition coefficient (Wildman–Crippen LogP) is 2.45. The SMILES string of the molecule is CC(C)Oc1c(Cl)cccc1NC(=O)C(C)O. The minimum Gasteiger partial charge on any atom is -0.487 e. The van der Waals surface area contributed by atoms with E-state index in [0.29, 0.717) is 16.5 Å². The Balaban J connectivity index is 2.98. The van der Waals surface area contributed by atoms with Gasteiger partial charge in [0.25, 0.3) is 5.91 Å². The zero-order valence-corrected chi connectivity index (χ0v) is 10.8. The molecule has 0 saturated heterocycles. The van der Waals surface area contributed by atoms with E-state index in [1.54, 1.807) is 18.2 Å². The second-order valence-electron chi connectivity index (χ2n) is 3.95. The van der Waals surface area contributed by atoms with Gasteiger partial charge in [-0.1, -0.05) is 17.7 Å². The Bertz CT molecular complexity index is 405. The standard InChI is InChI=1S/C12H16ClNO3/c1-7(2)17-11-9(13)5-4-6-10(11)14-12(16)8(3)15/h4-8,15H,1-3H3,(H,14,16). The first-order valence-electron chi connectivity index (χ1n) is 5.36. The van der Waals surface area contributed by atoms with Crippen molar-refractivity contribution in [2.24, 2.45) is 0 Å². The molecule has 0 aliphatic carbocycles. The lowest BCUT2D eigenvalue weighted by molar-refractivity contribution is -0.123. The lowest BCUT2D eigenvalue weighted by atomic mass is 10.2. The van der Waals surface area contributed by atoms with Gasteiger partial charge in [-0.3, -0.25) is 4.79 Å². The highest BCUT2D eigenvalue weighted by Crippen LogP contribution is 2.33. The number of ether oxygens (including phenoxy) is 1. The van der Waals surface area contributed by atoms with Crippen molar-refractivity contribution in [3.63, 3.8) is 0 Å². The molecule has 1 amide bonds. The summed E-state index contributed by atoms with van der Waals surface area (Å²) in [4.78, 5) is 11.4. The third-order valence-corrected chi connectivity index (χ3v) is 2.26. The van der Waals surface area contributed by atoms with Crippen LogP contribution in [0.4, 0.5) is 5.69 Å². The number of rotatable bonds is 4. The van der Waals surface area contributed by atoms with Crippen molar-refractivity contribution in [3.05, 3.63) is 23.2 Å². The highest BCUT2D eigenvalue weighted by Gasteiger charge is 2.15. The zero-order valence-electron chi connectivity index (χ0n) is 10.0. The zero-order chi connectivity index (χ0) is 13.0. The average molecular weight is 258 g/mol. The highest BCUT2D eigenvalue weighted by atomic mass is 35.5. The quantitative estimate of drug-likeness (QED) is 0.871. The molecule has 0 aliphatic rings. The second kappa shape index (κ2) is 5.89. The number of carbonyl (C=O) groups excluding carboxylic acids is 1. The molecule has 94 valence electrons. The van der Waals surface area contributed by atoms with Gasteiger partial charge in [0.15, 0.2) is 5.75 Å². The summed E-state index contributed by atoms with van der Waals surface area (Å²) in [6, 6.07) is 5.05. The van der Waals surface area contributed by atoms with Crippen LogP contribution < -0.4 is 10.1 Å². The van der Waals surface area contributed by atoms with Crippen molar-refractivity contribution in [3.8, 4) is 5.75 Å². The molecule has 0 heterocycles. The first-order valence-corrected chi connectivity index (χ1v) is 5.73. The molecule has 0 radical (unpaired) electrons. The molecule has 1 atom stereocenters. The van der Waals surface area contributed by atoms with E-state index in [9.17, 15) is 4.79 Å². The smallest absolute Gasteiger partial charge is 0.253 e. The maximum absolute atomic E-state index is 11.4. The lowest BCUT2D eigenvalue weighted by Crippen LogP contribution is -2.25. The van der Waals surface area contributed by atoms with Crippen molar-refractivity contribution in [2.45, 2.75) is 33.0 Å². The van der Waals surface area contributed by atoms with E-state index in [2.05, 4.69) is 5.32 Å². The summed E-state index contributed by atoms with van der Waals surface area (Å²) >= 11 is 6.00. The maximum atomic E-state index is 11.4. The van der Waals surface area contributed by atoms with Gasteiger partial charge in [-0.2, -0.15) is 0 Å². The van der Waals surface area contributed by atoms with Gasteiger partial charge in [0.05, 0.1) is 16.8 Å². The number of carbonyl (C=O) groups is 1. The Morgan fingerprint density at radius 3 is 2.59 bits per heavy atom. The van der Waals surface area contributed by atoms with E-state index < -0.39 is 12.0 Å². The molecule has 4 nitrogen and oxygen atoms in total. The summed E-state index contributed by atoms with van der Waals surface area (Å²) in [5.74, 6) is -0.0842. The minimum absolute atomic E-state index is 0.0582. The Morgan fingerprint density at radius 2 is 2.06 bits per heavy atom. The van der Waals surface area contributed by atoms with Crippen LogP contribution >= 0.6 is 11.6 Å². The molecular formula is C12H16ClNO3. The van der Waals surface area contributed by atoms with Crippen LogP contribution in [-0.2, 0) is 4.79 Å². The molecule has 1 unspecified atom stereocenters. The maximum Gasteiger partial charge on any atom is 0.253 e. The number of para-hydroxylation sites is 1. The summed E-state index contributed by atoms with van der Waals surface area (Å²) in [5, 5.41) is 12.1. The fraction of sp³-hybridized carbons (Fsp3) is 0.417. The largest absolute Gasteiger partial charge is 0.487 e. The Morgan fingerprint density at radius 1 is 1.41 bits per heavy atom. The van der Waals surface area contributed by atoms with Gasteiger partial charge in [-0.05, 0) is 32.9 Å². The van der Waals surface area contributed by atoms with E-state index >= 15 is 0 Å². The molecule has 1 aromatic rings. The molecule has 5 heteroatoms. The minimum atomic E-state index is -1.08. The Labute approximate surface area is 106 Å². The van der Waals surface area contributed by atoms with Crippen LogP contribution in [-0.4, -0.2) is 23.2 Å². The highest BCUT2D eigenvalue weighted by molar-refractivity contribution is 6.32. The van der Waals surface area contributed by atoms with Gasteiger partial charge in [0.2, 0.25) is 0 Å². The third kappa shape index (κ3) is 3.91. The Hall–Kier alpha value is -1.26. The number of amides is 1.